The van der Waals surface area contributed by atoms with Crippen molar-refractivity contribution in [2.24, 2.45) is 0 Å². The van der Waals surface area contributed by atoms with E-state index < -0.39 is 27.5 Å². The Hall–Kier alpha value is -1.85. The highest BCUT2D eigenvalue weighted by Crippen LogP contribution is 2.37. The third kappa shape index (κ3) is 7.38. The Balaban J connectivity index is 1.86. The molecule has 0 radical (unpaired) electrons. The molecule has 1 saturated heterocycles. The summed E-state index contributed by atoms with van der Waals surface area (Å²) >= 11 is 12.3. The minimum absolute atomic E-state index is 0.00150. The number of carbonyl (C=O) groups is 1. The van der Waals surface area contributed by atoms with Crippen molar-refractivity contribution in [3.05, 3.63) is 62.6 Å². The number of hydrogen-bond acceptors (Lipinski definition) is 5. The van der Waals surface area contributed by atoms with Crippen molar-refractivity contribution in [1.29, 1.82) is 0 Å². The van der Waals surface area contributed by atoms with Gasteiger partial charge in [0.25, 0.3) is 5.91 Å². The third-order valence-corrected chi connectivity index (χ3v) is 8.93. The van der Waals surface area contributed by atoms with Gasteiger partial charge in [0.05, 0.1) is 16.2 Å². The third-order valence-electron chi connectivity index (χ3n) is 6.53. The van der Waals surface area contributed by atoms with Crippen LogP contribution >= 0.6 is 23.2 Å². The number of carbonyl (C=O) groups excluding carboxylic acids is 1. The van der Waals surface area contributed by atoms with Crippen LogP contribution < -0.4 is 5.32 Å². The van der Waals surface area contributed by atoms with E-state index in [1.54, 1.807) is 0 Å². The van der Waals surface area contributed by atoms with Crippen LogP contribution in [-0.4, -0.2) is 63.1 Å². The second-order valence-electron chi connectivity index (χ2n) is 9.31. The van der Waals surface area contributed by atoms with Gasteiger partial charge in [-0.15, -0.1) is 0 Å². The summed E-state index contributed by atoms with van der Waals surface area (Å²) in [6, 6.07) is 6.42. The normalized spacial score (nSPS) is 17.3. The maximum atomic E-state index is 14.1. The fraction of sp³-hybridized carbons (Fsp3) is 0.480. The second kappa shape index (κ2) is 11.9. The topological polar surface area (TPSA) is 69.7 Å². The van der Waals surface area contributed by atoms with Gasteiger partial charge in [0, 0.05) is 41.3 Å². The fourth-order valence-corrected chi connectivity index (χ4v) is 6.01. The summed E-state index contributed by atoms with van der Waals surface area (Å²) in [7, 11) is 0.281. The molecule has 0 aromatic heterocycles. The zero-order valence-corrected chi connectivity index (χ0v) is 23.2. The number of amides is 1. The van der Waals surface area contributed by atoms with Crippen LogP contribution in [0, 0.1) is 0 Å². The smallest absolute Gasteiger partial charge is 0.348 e. The van der Waals surface area contributed by atoms with E-state index in [2.05, 4.69) is 10.2 Å². The summed E-state index contributed by atoms with van der Waals surface area (Å²) in [5, 5.41) is 2.62. The minimum atomic E-state index is -4.72. The number of nitrogens with zero attached hydrogens (tertiary/aromatic N) is 2. The predicted molar refractivity (Wildman–Crippen MR) is 139 cm³/mol. The van der Waals surface area contributed by atoms with E-state index >= 15 is 0 Å². The minimum Gasteiger partial charge on any atom is -0.348 e. The van der Waals surface area contributed by atoms with E-state index in [0.717, 1.165) is 18.9 Å². The average Bonchev–Trinajstić information content (AvgIpc) is 2.82. The van der Waals surface area contributed by atoms with Gasteiger partial charge in [0.2, 0.25) is 0 Å². The lowest BCUT2D eigenvalue weighted by molar-refractivity contribution is -0.138. The van der Waals surface area contributed by atoms with Gasteiger partial charge in [0.1, 0.15) is 0 Å². The van der Waals surface area contributed by atoms with Gasteiger partial charge < -0.3 is 10.2 Å². The Bertz CT molecular complexity index is 1250. The van der Waals surface area contributed by atoms with Gasteiger partial charge in [-0.05, 0) is 74.9 Å². The van der Waals surface area contributed by atoms with Crippen molar-refractivity contribution in [1.82, 2.24) is 15.1 Å². The molecule has 2 aromatic rings. The lowest BCUT2D eigenvalue weighted by atomic mass is 9.99. The molecule has 3 rings (SSSR count). The first-order chi connectivity index (χ1) is 17.2. The van der Waals surface area contributed by atoms with E-state index in [9.17, 15) is 26.4 Å². The van der Waals surface area contributed by atoms with Crippen molar-refractivity contribution in [2.75, 3.05) is 32.9 Å². The Morgan fingerprint density at radius 1 is 1.19 bits per heavy atom. The SMILES string of the molecule is CCS(=O)(=O)c1ccc(Cl)cc1CNC(=O)c1cc(Cl)c(CN2CCC[C@H](N(C)C)C2)c(C(F)(F)F)c1. The molecule has 1 aliphatic heterocycles. The van der Waals surface area contributed by atoms with Crippen molar-refractivity contribution in [3.8, 4) is 0 Å². The number of nitrogens with one attached hydrogen (secondary N) is 1. The molecule has 1 atom stereocenters. The van der Waals surface area contributed by atoms with Crippen molar-refractivity contribution in [3.63, 3.8) is 0 Å². The highest BCUT2D eigenvalue weighted by molar-refractivity contribution is 7.91. The maximum Gasteiger partial charge on any atom is 0.416 e. The van der Waals surface area contributed by atoms with E-state index in [1.807, 2.05) is 19.0 Å². The highest BCUT2D eigenvalue weighted by atomic mass is 35.5. The van der Waals surface area contributed by atoms with Gasteiger partial charge in [-0.3, -0.25) is 9.69 Å². The molecule has 2 aromatic carbocycles. The highest BCUT2D eigenvalue weighted by Gasteiger charge is 2.36. The number of rotatable bonds is 8. The lowest BCUT2D eigenvalue weighted by Gasteiger charge is -2.36. The number of halogens is 5. The zero-order valence-electron chi connectivity index (χ0n) is 20.8. The summed E-state index contributed by atoms with van der Waals surface area (Å²) in [4.78, 5) is 16.9. The molecule has 0 unspecified atom stereocenters. The van der Waals surface area contributed by atoms with Crippen LogP contribution in [0.5, 0.6) is 0 Å². The van der Waals surface area contributed by atoms with Gasteiger partial charge in [-0.1, -0.05) is 30.1 Å². The second-order valence-corrected chi connectivity index (χ2v) is 12.4. The molecule has 0 spiro atoms. The van der Waals surface area contributed by atoms with E-state index in [0.29, 0.717) is 13.1 Å². The molecular weight excluding hydrogens is 550 g/mol. The molecule has 0 bridgehead atoms. The van der Waals surface area contributed by atoms with Crippen LogP contribution in [0.4, 0.5) is 13.2 Å². The molecule has 12 heteroatoms. The van der Waals surface area contributed by atoms with Crippen LogP contribution in [0.1, 0.15) is 46.8 Å². The van der Waals surface area contributed by atoms with Crippen molar-refractivity contribution >= 4 is 38.9 Å². The summed E-state index contributed by atoms with van der Waals surface area (Å²) < 4.78 is 67.0. The molecule has 1 amide bonds. The van der Waals surface area contributed by atoms with Crippen LogP contribution in [0.3, 0.4) is 0 Å². The first-order valence-corrected chi connectivity index (χ1v) is 14.2. The van der Waals surface area contributed by atoms with Crippen molar-refractivity contribution < 1.29 is 26.4 Å². The standard InChI is InChI=1S/C25H30Cl2F3N3O3S/c1-4-37(35,36)23-8-7-18(26)10-17(23)13-31-24(34)16-11-21(25(28,29)30)20(22(27)12-16)15-33-9-5-6-19(14-33)32(2)3/h7-8,10-12,19H,4-6,9,13-15H2,1-3H3,(H,31,34)/t19-/m0/s1. The number of likely N-dealkylation sites (tertiary alicyclic amines) is 1. The number of piperidine rings is 1. The monoisotopic (exact) mass is 579 g/mol. The Morgan fingerprint density at radius 3 is 2.51 bits per heavy atom. The Kier molecular flexibility index (Phi) is 9.56. The largest absolute Gasteiger partial charge is 0.416 e. The molecule has 0 aliphatic carbocycles. The fourth-order valence-electron chi connectivity index (χ4n) is 4.42. The number of hydrogen-bond donors (Lipinski definition) is 1. The molecule has 37 heavy (non-hydrogen) atoms. The summed E-state index contributed by atoms with van der Waals surface area (Å²) in [6.45, 7) is 2.53. The zero-order chi connectivity index (χ0) is 27.5. The number of likely N-dealkylation sites (N-methyl/N-ethyl adjacent to an activating group) is 1. The molecule has 204 valence electrons. The maximum absolute atomic E-state index is 14.1. The van der Waals surface area contributed by atoms with Gasteiger partial charge in [0.15, 0.2) is 9.84 Å². The summed E-state index contributed by atoms with van der Waals surface area (Å²) in [5.74, 6) is -0.974. The first-order valence-electron chi connectivity index (χ1n) is 11.8. The quantitative estimate of drug-likeness (QED) is 0.462. The summed E-state index contributed by atoms with van der Waals surface area (Å²) in [6.07, 6.45) is -2.89. The van der Waals surface area contributed by atoms with Crippen LogP contribution in [0.15, 0.2) is 35.2 Å². The number of benzene rings is 2. The molecule has 6 nitrogen and oxygen atoms in total. The van der Waals surface area contributed by atoms with Gasteiger partial charge >= 0.3 is 6.18 Å². The molecule has 1 N–H and O–H groups in total. The first kappa shape index (κ1) is 29.7. The average molecular weight is 581 g/mol. The van der Waals surface area contributed by atoms with Gasteiger partial charge in [-0.2, -0.15) is 13.2 Å². The molecule has 1 heterocycles. The van der Waals surface area contributed by atoms with Crippen LogP contribution in [0.2, 0.25) is 10.0 Å². The number of alkyl halides is 3. The van der Waals surface area contributed by atoms with E-state index in [-0.39, 0.29) is 56.5 Å². The van der Waals surface area contributed by atoms with Crippen molar-refractivity contribution in [2.45, 2.75) is 50.0 Å². The lowest BCUT2D eigenvalue weighted by Crippen LogP contribution is -2.44. The summed E-state index contributed by atoms with van der Waals surface area (Å²) in [5.41, 5.74) is -1.07. The van der Waals surface area contributed by atoms with E-state index in [1.165, 1.54) is 31.2 Å². The molecular formula is C25H30Cl2F3N3O3S. The van der Waals surface area contributed by atoms with Crippen LogP contribution in [-0.2, 0) is 29.1 Å². The van der Waals surface area contributed by atoms with Crippen LogP contribution in [0.25, 0.3) is 0 Å². The van der Waals surface area contributed by atoms with E-state index in [4.69, 9.17) is 23.2 Å². The Labute approximate surface area is 225 Å². The predicted octanol–water partition coefficient (Wildman–Crippen LogP) is 5.26. The Morgan fingerprint density at radius 2 is 1.89 bits per heavy atom. The molecule has 0 saturated carbocycles. The number of sulfone groups is 1. The molecule has 1 fully saturated rings. The molecule has 1 aliphatic rings. The van der Waals surface area contributed by atoms with Gasteiger partial charge in [-0.25, -0.2) is 8.42 Å².